The van der Waals surface area contributed by atoms with Crippen molar-refractivity contribution >= 4 is 16.9 Å². The Balaban J connectivity index is 1.94. The third-order valence-electron chi connectivity index (χ3n) is 3.99. The van der Waals surface area contributed by atoms with Gasteiger partial charge in [0.2, 0.25) is 0 Å². The van der Waals surface area contributed by atoms with Crippen LogP contribution >= 0.6 is 0 Å². The van der Waals surface area contributed by atoms with Crippen LogP contribution in [0.3, 0.4) is 0 Å². The lowest BCUT2D eigenvalue weighted by molar-refractivity contribution is 0.0520. The molecule has 1 heterocycles. The number of H-pyrrole nitrogens is 1. The molecule has 5 nitrogen and oxygen atoms in total. The lowest BCUT2D eigenvalue weighted by atomic mass is 10.1. The molecule has 0 saturated carbocycles. The molecule has 3 aromatic rings. The first kappa shape index (κ1) is 17.0. The number of esters is 1. The van der Waals surface area contributed by atoms with Crippen LogP contribution in [0.1, 0.15) is 28.5 Å². The Morgan fingerprint density at radius 3 is 2.68 bits per heavy atom. The molecule has 0 fully saturated rings. The topological polar surface area (TPSA) is 77.3 Å². The molecule has 0 radical (unpaired) electrons. The zero-order chi connectivity index (χ0) is 17.6. The van der Waals surface area contributed by atoms with E-state index in [-0.39, 0.29) is 5.97 Å². The Bertz CT molecular complexity index is 856. The Hall–Kier alpha value is -2.79. The molecule has 5 heteroatoms. The number of aromatic nitrogens is 1. The second kappa shape index (κ2) is 7.85. The minimum atomic E-state index is -0.369. The lowest BCUT2D eigenvalue weighted by Gasteiger charge is -2.10. The first-order valence-electron chi connectivity index (χ1n) is 8.41. The molecule has 0 amide bonds. The Kier molecular flexibility index (Phi) is 5.36. The zero-order valence-electron chi connectivity index (χ0n) is 14.2. The number of fused-ring (bicyclic) bond motifs is 1. The van der Waals surface area contributed by atoms with E-state index >= 15 is 0 Å². The maximum absolute atomic E-state index is 12.1. The van der Waals surface area contributed by atoms with Gasteiger partial charge in [0.15, 0.2) is 0 Å². The van der Waals surface area contributed by atoms with E-state index in [2.05, 4.69) is 4.98 Å². The number of carbonyl (C=O) groups is 1. The van der Waals surface area contributed by atoms with Crippen LogP contribution in [0, 0.1) is 0 Å². The van der Waals surface area contributed by atoms with E-state index in [1.165, 1.54) is 0 Å². The largest absolute Gasteiger partial charge is 0.487 e. The highest BCUT2D eigenvalue weighted by atomic mass is 16.5. The van der Waals surface area contributed by atoms with Crippen molar-refractivity contribution < 1.29 is 14.3 Å². The van der Waals surface area contributed by atoms with Gasteiger partial charge in [-0.1, -0.05) is 36.4 Å². The molecule has 0 atom stereocenters. The maximum atomic E-state index is 12.1. The van der Waals surface area contributed by atoms with Crippen LogP contribution in [0.2, 0.25) is 0 Å². The molecule has 130 valence electrons. The molecular weight excluding hydrogens is 316 g/mol. The van der Waals surface area contributed by atoms with Crippen LogP contribution in [0.5, 0.6) is 5.75 Å². The fourth-order valence-corrected chi connectivity index (χ4v) is 2.80. The first-order chi connectivity index (χ1) is 12.2. The maximum Gasteiger partial charge on any atom is 0.354 e. The number of nitrogens with two attached hydrogens (primary N) is 1. The van der Waals surface area contributed by atoms with E-state index in [4.69, 9.17) is 15.2 Å². The summed E-state index contributed by atoms with van der Waals surface area (Å²) in [6, 6.07) is 15.7. The summed E-state index contributed by atoms with van der Waals surface area (Å²) in [6.45, 7) is 3.12. The lowest BCUT2D eigenvalue weighted by Crippen LogP contribution is -2.04. The molecule has 0 aliphatic rings. The summed E-state index contributed by atoms with van der Waals surface area (Å²) in [7, 11) is 0. The molecular formula is C20H22N2O3. The molecule has 0 aliphatic carbocycles. The van der Waals surface area contributed by atoms with E-state index in [9.17, 15) is 4.79 Å². The van der Waals surface area contributed by atoms with Crippen molar-refractivity contribution in [2.24, 2.45) is 5.73 Å². The van der Waals surface area contributed by atoms with Crippen LogP contribution in [0.25, 0.3) is 10.9 Å². The van der Waals surface area contributed by atoms with Crippen LogP contribution < -0.4 is 10.5 Å². The van der Waals surface area contributed by atoms with Gasteiger partial charge in [-0.2, -0.15) is 0 Å². The Morgan fingerprint density at radius 1 is 1.16 bits per heavy atom. The van der Waals surface area contributed by atoms with Gasteiger partial charge in [-0.25, -0.2) is 4.79 Å². The standard InChI is InChI=1S/C20H22N2O3/c1-2-24-20(23)17-12-16-15(10-11-21)8-9-18(19(16)22-17)25-13-14-6-4-3-5-7-14/h3-9,12,22H,2,10-11,13,21H2,1H3. The van der Waals surface area contributed by atoms with E-state index in [0.717, 1.165) is 28.5 Å². The number of rotatable bonds is 7. The number of ether oxygens (including phenoxy) is 2. The molecule has 0 unspecified atom stereocenters. The average Bonchev–Trinajstić information content (AvgIpc) is 3.08. The molecule has 0 bridgehead atoms. The van der Waals surface area contributed by atoms with E-state index in [0.29, 0.717) is 31.2 Å². The molecule has 25 heavy (non-hydrogen) atoms. The molecule has 0 aliphatic heterocycles. The smallest absolute Gasteiger partial charge is 0.354 e. The van der Waals surface area contributed by atoms with Gasteiger partial charge in [0.25, 0.3) is 0 Å². The number of benzene rings is 2. The summed E-state index contributed by atoms with van der Waals surface area (Å²) in [5.74, 6) is 0.335. The van der Waals surface area contributed by atoms with Crippen molar-refractivity contribution in [1.82, 2.24) is 4.98 Å². The van der Waals surface area contributed by atoms with Crippen molar-refractivity contribution in [3.05, 3.63) is 65.4 Å². The van der Waals surface area contributed by atoms with Crippen LogP contribution in [0.4, 0.5) is 0 Å². The second-order valence-corrected chi connectivity index (χ2v) is 5.73. The molecule has 3 N–H and O–H groups in total. The van der Waals surface area contributed by atoms with Crippen LogP contribution in [-0.2, 0) is 17.8 Å². The highest BCUT2D eigenvalue weighted by Crippen LogP contribution is 2.30. The van der Waals surface area contributed by atoms with Crippen molar-refractivity contribution in [3.63, 3.8) is 0 Å². The highest BCUT2D eigenvalue weighted by molar-refractivity contribution is 5.98. The van der Waals surface area contributed by atoms with Gasteiger partial charge in [0, 0.05) is 5.39 Å². The number of carbonyl (C=O) groups excluding carboxylic acids is 1. The first-order valence-corrected chi connectivity index (χ1v) is 8.41. The quantitative estimate of drug-likeness (QED) is 0.647. The molecule has 3 rings (SSSR count). The summed E-state index contributed by atoms with van der Waals surface area (Å²) in [5.41, 5.74) is 9.09. The Morgan fingerprint density at radius 2 is 1.96 bits per heavy atom. The van der Waals surface area contributed by atoms with Crippen molar-refractivity contribution in [1.29, 1.82) is 0 Å². The molecule has 0 spiro atoms. The number of aromatic amines is 1. The monoisotopic (exact) mass is 338 g/mol. The summed E-state index contributed by atoms with van der Waals surface area (Å²) in [5, 5.41) is 0.944. The summed E-state index contributed by atoms with van der Waals surface area (Å²) in [6.07, 6.45) is 0.732. The summed E-state index contributed by atoms with van der Waals surface area (Å²) < 4.78 is 11.1. The van der Waals surface area contributed by atoms with Crippen molar-refractivity contribution in [2.45, 2.75) is 20.0 Å². The van der Waals surface area contributed by atoms with Crippen molar-refractivity contribution in [2.75, 3.05) is 13.2 Å². The van der Waals surface area contributed by atoms with Gasteiger partial charge in [-0.3, -0.25) is 0 Å². The predicted octanol–water partition coefficient (Wildman–Crippen LogP) is 3.42. The minimum absolute atomic E-state index is 0.335. The molecule has 2 aromatic carbocycles. The summed E-state index contributed by atoms with van der Waals surface area (Å²) in [4.78, 5) is 15.2. The van der Waals surface area contributed by atoms with Gasteiger partial charge >= 0.3 is 5.97 Å². The fourth-order valence-electron chi connectivity index (χ4n) is 2.80. The third-order valence-corrected chi connectivity index (χ3v) is 3.99. The van der Waals surface area contributed by atoms with Gasteiger partial charge in [-0.05, 0) is 43.1 Å². The molecule has 0 saturated heterocycles. The highest BCUT2D eigenvalue weighted by Gasteiger charge is 2.15. The second-order valence-electron chi connectivity index (χ2n) is 5.73. The van der Waals surface area contributed by atoms with Gasteiger partial charge in [0.1, 0.15) is 18.1 Å². The zero-order valence-corrected chi connectivity index (χ0v) is 14.2. The van der Waals surface area contributed by atoms with Crippen LogP contribution in [-0.4, -0.2) is 24.1 Å². The number of nitrogens with one attached hydrogen (secondary N) is 1. The normalized spacial score (nSPS) is 10.8. The van der Waals surface area contributed by atoms with Crippen LogP contribution in [0.15, 0.2) is 48.5 Å². The van der Waals surface area contributed by atoms with E-state index in [1.54, 1.807) is 6.92 Å². The van der Waals surface area contributed by atoms with Gasteiger partial charge < -0.3 is 20.2 Å². The van der Waals surface area contributed by atoms with E-state index in [1.807, 2.05) is 48.5 Å². The minimum Gasteiger partial charge on any atom is -0.487 e. The third kappa shape index (κ3) is 3.83. The van der Waals surface area contributed by atoms with Gasteiger partial charge in [-0.15, -0.1) is 0 Å². The Labute approximate surface area is 146 Å². The van der Waals surface area contributed by atoms with Crippen molar-refractivity contribution in [3.8, 4) is 5.75 Å². The van der Waals surface area contributed by atoms with Gasteiger partial charge in [0.05, 0.1) is 12.1 Å². The van der Waals surface area contributed by atoms with E-state index < -0.39 is 0 Å². The fraction of sp³-hybridized carbons (Fsp3) is 0.250. The average molecular weight is 338 g/mol. The number of hydrogen-bond acceptors (Lipinski definition) is 4. The number of hydrogen-bond donors (Lipinski definition) is 2. The predicted molar refractivity (Wildman–Crippen MR) is 97.8 cm³/mol. The SMILES string of the molecule is CCOC(=O)c1cc2c(CCN)ccc(OCc3ccccc3)c2[nH]1. The molecule has 1 aromatic heterocycles. The summed E-state index contributed by atoms with van der Waals surface area (Å²) >= 11 is 0.